The standard InChI is InChI=1S/C12H10O.2C10H9NO.Al/c13-12-8-6-11(7-9-12)10-4-2-1-3-5-10;2*1-7-4-5-8-3-2-6-11-9(8)10(7)12;/h1-9,13H;2*2-6,12H,1H3;/q;;;+3/p-3. The average molecular weight is 513 g/mol. The molecule has 184 valence electrons. The van der Waals surface area contributed by atoms with Crippen LogP contribution in [0.1, 0.15) is 11.1 Å². The van der Waals surface area contributed by atoms with Gasteiger partial charge in [-0.3, -0.25) is 9.97 Å². The van der Waals surface area contributed by atoms with Crippen molar-refractivity contribution in [2.75, 3.05) is 0 Å². The second-order valence-corrected chi connectivity index (χ2v) is 10.4. The lowest BCUT2D eigenvalue weighted by atomic mass is 10.1. The van der Waals surface area contributed by atoms with Crippen LogP contribution in [0.5, 0.6) is 17.2 Å². The summed E-state index contributed by atoms with van der Waals surface area (Å²) in [5.41, 5.74) is 5.76. The smallest absolute Gasteiger partial charge is 0.577 e. The molecular weight excluding hydrogens is 487 g/mol. The third-order valence-corrected chi connectivity index (χ3v) is 7.79. The lowest BCUT2D eigenvalue weighted by Gasteiger charge is -2.20. The molecule has 2 aromatic heterocycles. The zero-order chi connectivity index (χ0) is 25.9. The lowest BCUT2D eigenvalue weighted by molar-refractivity contribution is 0.308. The van der Waals surface area contributed by atoms with Crippen molar-refractivity contribution >= 4 is 37.0 Å². The summed E-state index contributed by atoms with van der Waals surface area (Å²) >= 11 is -2.85. The first-order chi connectivity index (χ1) is 18.7. The van der Waals surface area contributed by atoms with Gasteiger partial charge in [-0.15, -0.1) is 0 Å². The molecule has 0 unspecified atom stereocenters. The van der Waals surface area contributed by atoms with Gasteiger partial charge in [-0.2, -0.15) is 0 Å². The number of benzene rings is 4. The van der Waals surface area contributed by atoms with Crippen molar-refractivity contribution in [3.63, 3.8) is 0 Å². The summed E-state index contributed by atoms with van der Waals surface area (Å²) in [6, 6.07) is 34.3. The van der Waals surface area contributed by atoms with Gasteiger partial charge in [0.2, 0.25) is 0 Å². The van der Waals surface area contributed by atoms with Crippen LogP contribution in [0, 0.1) is 13.8 Å². The Morgan fingerprint density at radius 3 is 1.58 bits per heavy atom. The lowest BCUT2D eigenvalue weighted by Crippen LogP contribution is -2.37. The summed E-state index contributed by atoms with van der Waals surface area (Å²) < 4.78 is 19.6. The Hall–Kier alpha value is -4.37. The van der Waals surface area contributed by atoms with E-state index in [2.05, 4.69) is 22.1 Å². The summed E-state index contributed by atoms with van der Waals surface area (Å²) in [5, 5.41) is 1.99. The van der Waals surface area contributed by atoms with Crippen LogP contribution in [0.15, 0.2) is 116 Å². The number of aromatic nitrogens is 2. The molecule has 0 aliphatic rings. The minimum absolute atomic E-state index is 0.673. The van der Waals surface area contributed by atoms with E-state index < -0.39 is 15.1 Å². The Morgan fingerprint density at radius 1 is 0.500 bits per heavy atom. The van der Waals surface area contributed by atoms with E-state index in [0.717, 1.165) is 44.1 Å². The predicted molar refractivity (Wildman–Crippen MR) is 152 cm³/mol. The van der Waals surface area contributed by atoms with Gasteiger partial charge in [0, 0.05) is 23.2 Å². The normalized spacial score (nSPS) is 10.9. The first kappa shape index (κ1) is 24.0. The average Bonchev–Trinajstić information content (AvgIpc) is 2.97. The molecular formula is C32H25AlN2O3. The van der Waals surface area contributed by atoms with E-state index in [9.17, 15) is 0 Å². The maximum absolute atomic E-state index is 6.59. The predicted octanol–water partition coefficient (Wildman–Crippen LogP) is 7.59. The molecule has 0 radical (unpaired) electrons. The summed E-state index contributed by atoms with van der Waals surface area (Å²) in [7, 11) is 0. The van der Waals surface area contributed by atoms with Crippen LogP contribution >= 0.6 is 0 Å². The first-order valence-electron chi connectivity index (χ1n) is 12.5. The molecule has 6 aromatic rings. The maximum Gasteiger partial charge on any atom is 1.20 e. The van der Waals surface area contributed by atoms with Crippen molar-refractivity contribution in [1.29, 1.82) is 0 Å². The Balaban J connectivity index is 1.38. The molecule has 38 heavy (non-hydrogen) atoms. The van der Waals surface area contributed by atoms with Gasteiger partial charge in [0.1, 0.15) is 22.5 Å². The van der Waals surface area contributed by atoms with Crippen molar-refractivity contribution in [3.8, 4) is 28.4 Å². The molecule has 0 atom stereocenters. The fraction of sp³-hybridized carbons (Fsp3) is 0.0625. The fourth-order valence-corrected chi connectivity index (χ4v) is 5.97. The van der Waals surface area contributed by atoms with Gasteiger partial charge >= 0.3 is 15.1 Å². The van der Waals surface area contributed by atoms with Gasteiger partial charge in [-0.25, -0.2) is 0 Å². The van der Waals surface area contributed by atoms with Gasteiger partial charge in [0.05, 0.1) is 5.75 Å². The highest BCUT2D eigenvalue weighted by Crippen LogP contribution is 2.32. The highest BCUT2D eigenvalue weighted by Gasteiger charge is 2.46. The second kappa shape index (κ2) is 10.6. The van der Waals surface area contributed by atoms with Crippen molar-refractivity contribution in [3.05, 3.63) is 127 Å². The Kier molecular flexibility index (Phi) is 6.66. The topological polar surface area (TPSA) is 53.5 Å². The third-order valence-electron chi connectivity index (χ3n) is 6.47. The molecule has 0 spiro atoms. The van der Waals surface area contributed by atoms with Crippen molar-refractivity contribution in [2.24, 2.45) is 0 Å². The van der Waals surface area contributed by atoms with E-state index in [1.165, 1.54) is 0 Å². The van der Waals surface area contributed by atoms with Gasteiger partial charge < -0.3 is 11.4 Å². The zero-order valence-electron chi connectivity index (χ0n) is 21.2. The Bertz CT molecular complexity index is 1640. The van der Waals surface area contributed by atoms with Gasteiger partial charge in [-0.05, 0) is 60.4 Å². The number of hydrogen-bond acceptors (Lipinski definition) is 5. The molecule has 4 aromatic carbocycles. The van der Waals surface area contributed by atoms with Crippen LogP contribution in [0.3, 0.4) is 0 Å². The van der Waals surface area contributed by atoms with Crippen LogP contribution in [-0.4, -0.2) is 25.1 Å². The number of rotatable bonds is 7. The van der Waals surface area contributed by atoms with Crippen LogP contribution in [-0.2, 0) is 0 Å². The quantitative estimate of drug-likeness (QED) is 0.206. The van der Waals surface area contributed by atoms with E-state index in [4.69, 9.17) is 11.4 Å². The number of nitrogens with zero attached hydrogens (tertiary/aromatic N) is 2. The maximum atomic E-state index is 6.59. The van der Waals surface area contributed by atoms with Crippen LogP contribution in [0.2, 0.25) is 0 Å². The van der Waals surface area contributed by atoms with Crippen molar-refractivity contribution in [1.82, 2.24) is 9.97 Å². The Morgan fingerprint density at radius 2 is 1.03 bits per heavy atom. The number of aryl methyl sites for hydroxylation is 2. The molecule has 6 rings (SSSR count). The molecule has 0 aliphatic heterocycles. The van der Waals surface area contributed by atoms with Gasteiger partial charge in [0.15, 0.2) is 0 Å². The fourth-order valence-electron chi connectivity index (χ4n) is 4.47. The summed E-state index contributed by atoms with van der Waals surface area (Å²) in [6.45, 7) is 4.02. The van der Waals surface area contributed by atoms with E-state index in [1.807, 2.05) is 105 Å². The zero-order valence-corrected chi connectivity index (χ0v) is 22.3. The summed E-state index contributed by atoms with van der Waals surface area (Å²) in [4.78, 5) is 9.19. The molecule has 0 N–H and O–H groups in total. The number of fused-ring (bicyclic) bond motifs is 2. The second-order valence-electron chi connectivity index (χ2n) is 9.11. The van der Waals surface area contributed by atoms with Crippen molar-refractivity contribution < 1.29 is 11.4 Å². The monoisotopic (exact) mass is 512 g/mol. The summed E-state index contributed by atoms with van der Waals surface area (Å²) in [5.74, 6) is 2.02. The highest BCUT2D eigenvalue weighted by molar-refractivity contribution is 6.40. The largest absolute Gasteiger partial charge is 1.20 e. The van der Waals surface area contributed by atoms with E-state index in [-0.39, 0.29) is 0 Å². The van der Waals surface area contributed by atoms with E-state index in [1.54, 1.807) is 12.4 Å². The number of hydrogen-bond donors (Lipinski definition) is 0. The third kappa shape index (κ3) is 4.93. The molecule has 5 nitrogen and oxygen atoms in total. The molecule has 0 aliphatic carbocycles. The van der Waals surface area contributed by atoms with E-state index in [0.29, 0.717) is 17.2 Å². The SMILES string of the molecule is Cc1ccc2cccnc2c1[O][Al]([O]c1ccc(-c2ccccc2)cc1)[O]c1c(C)ccc2cccnc12. The van der Waals surface area contributed by atoms with Gasteiger partial charge in [-0.1, -0.05) is 78.9 Å². The van der Waals surface area contributed by atoms with Crippen LogP contribution < -0.4 is 11.4 Å². The van der Waals surface area contributed by atoms with Crippen LogP contribution in [0.25, 0.3) is 32.9 Å². The molecule has 0 saturated heterocycles. The minimum atomic E-state index is -2.85. The number of pyridine rings is 2. The molecule has 0 amide bonds. The molecule has 0 fully saturated rings. The molecule has 0 saturated carbocycles. The van der Waals surface area contributed by atoms with E-state index >= 15 is 0 Å². The molecule has 6 heteroatoms. The Labute approximate surface area is 226 Å². The van der Waals surface area contributed by atoms with Crippen molar-refractivity contribution in [2.45, 2.75) is 13.8 Å². The minimum Gasteiger partial charge on any atom is -0.577 e. The van der Waals surface area contributed by atoms with Gasteiger partial charge in [0.25, 0.3) is 0 Å². The molecule has 2 heterocycles. The molecule has 0 bridgehead atoms. The van der Waals surface area contributed by atoms with Crippen LogP contribution in [0.4, 0.5) is 0 Å². The highest BCUT2D eigenvalue weighted by atomic mass is 27.3. The first-order valence-corrected chi connectivity index (χ1v) is 13.9. The summed E-state index contributed by atoms with van der Waals surface area (Å²) in [6.07, 6.45) is 3.54.